The van der Waals surface area contributed by atoms with Crippen LogP contribution in [0.1, 0.15) is 29.9 Å². The van der Waals surface area contributed by atoms with E-state index in [1.54, 1.807) is 13.8 Å². The largest absolute Gasteiger partial charge is 0.492 e. The number of aromatic amines is 1. The van der Waals surface area contributed by atoms with Crippen LogP contribution in [0.25, 0.3) is 11.0 Å². The Morgan fingerprint density at radius 2 is 1.88 bits per heavy atom. The third kappa shape index (κ3) is 2.61. The van der Waals surface area contributed by atoms with E-state index in [-0.39, 0.29) is 11.0 Å². The molecule has 9 heteroatoms. The molecule has 0 aliphatic carbocycles. The van der Waals surface area contributed by atoms with Crippen molar-refractivity contribution >= 4 is 11.0 Å². The first kappa shape index (κ1) is 16.0. The average molecular weight is 338 g/mol. The Bertz CT molecular complexity index is 958. The lowest BCUT2D eigenvalue weighted by atomic mass is 10.1. The van der Waals surface area contributed by atoms with E-state index in [2.05, 4.69) is 15.1 Å². The summed E-state index contributed by atoms with van der Waals surface area (Å²) < 4.78 is 39.3. The number of H-pyrrole nitrogens is 1. The van der Waals surface area contributed by atoms with E-state index in [0.717, 1.165) is 12.1 Å². The second kappa shape index (κ2) is 5.36. The van der Waals surface area contributed by atoms with Crippen molar-refractivity contribution in [3.05, 3.63) is 51.6 Å². The van der Waals surface area contributed by atoms with Gasteiger partial charge in [-0.2, -0.15) is 13.2 Å². The maximum Gasteiger partial charge on any atom is 0.416 e. The second-order valence-electron chi connectivity index (χ2n) is 5.41. The van der Waals surface area contributed by atoms with Gasteiger partial charge in [-0.05, 0) is 31.5 Å². The first-order valence-electron chi connectivity index (χ1n) is 7.03. The van der Waals surface area contributed by atoms with Crippen molar-refractivity contribution in [2.75, 3.05) is 0 Å². The van der Waals surface area contributed by atoms with Gasteiger partial charge in [0.15, 0.2) is 5.65 Å². The molecule has 0 amide bonds. The van der Waals surface area contributed by atoms with Crippen LogP contribution in [0.4, 0.5) is 13.2 Å². The van der Waals surface area contributed by atoms with E-state index >= 15 is 0 Å². The average Bonchev–Trinajstić information content (AvgIpc) is 2.82. The molecule has 0 unspecified atom stereocenters. The van der Waals surface area contributed by atoms with E-state index < -0.39 is 29.2 Å². The third-order valence-electron chi connectivity index (χ3n) is 3.75. The number of nitrogens with one attached hydrogen (secondary N) is 1. The monoisotopic (exact) mass is 338 g/mol. The lowest BCUT2D eigenvalue weighted by Crippen LogP contribution is -2.13. The van der Waals surface area contributed by atoms with Crippen LogP contribution in [0.5, 0.6) is 5.88 Å². The van der Waals surface area contributed by atoms with Gasteiger partial charge in [0.05, 0.1) is 11.6 Å². The molecule has 0 aliphatic heterocycles. The molecule has 126 valence electrons. The van der Waals surface area contributed by atoms with E-state index in [1.807, 2.05) is 0 Å². The quantitative estimate of drug-likeness (QED) is 0.752. The highest BCUT2D eigenvalue weighted by Gasteiger charge is 2.30. The lowest BCUT2D eigenvalue weighted by molar-refractivity contribution is -0.137. The minimum Gasteiger partial charge on any atom is -0.492 e. The summed E-state index contributed by atoms with van der Waals surface area (Å²) in [7, 11) is 0. The van der Waals surface area contributed by atoms with Crippen LogP contribution in [-0.2, 0) is 6.18 Å². The van der Waals surface area contributed by atoms with Gasteiger partial charge in [-0.25, -0.2) is 9.67 Å². The highest BCUT2D eigenvalue weighted by molar-refractivity contribution is 5.80. The molecule has 3 rings (SSSR count). The van der Waals surface area contributed by atoms with Gasteiger partial charge < -0.3 is 10.1 Å². The Balaban J connectivity index is 2.09. The number of hydrogen-bond acceptors (Lipinski definition) is 4. The third-order valence-corrected chi connectivity index (χ3v) is 3.75. The number of hydrogen-bond donors (Lipinski definition) is 2. The molecule has 1 aromatic carbocycles. The first-order chi connectivity index (χ1) is 11.2. The lowest BCUT2D eigenvalue weighted by Gasteiger charge is -2.14. The zero-order valence-corrected chi connectivity index (χ0v) is 12.7. The van der Waals surface area contributed by atoms with Crippen LogP contribution in [0.2, 0.25) is 0 Å². The van der Waals surface area contributed by atoms with Gasteiger partial charge >= 0.3 is 6.18 Å². The molecule has 0 aliphatic rings. The van der Waals surface area contributed by atoms with Crippen molar-refractivity contribution in [1.82, 2.24) is 19.7 Å². The van der Waals surface area contributed by atoms with Crippen molar-refractivity contribution in [3.63, 3.8) is 0 Å². The molecule has 0 fully saturated rings. The molecule has 0 bridgehead atoms. The van der Waals surface area contributed by atoms with Crippen molar-refractivity contribution in [3.8, 4) is 5.88 Å². The molecule has 6 nitrogen and oxygen atoms in total. The number of aromatic hydroxyl groups is 1. The maximum absolute atomic E-state index is 12.6. The zero-order chi connectivity index (χ0) is 17.6. The van der Waals surface area contributed by atoms with Crippen molar-refractivity contribution in [2.45, 2.75) is 26.1 Å². The standard InChI is InChI=1S/C15H13F3N4O2/c1-7(9-3-5-10(6-4-9)15(16,17)18)22-12-11(14(24)21-22)13(23)20-8(2)19-12/h3-7H,1-2H3,(H,21,24)(H,19,20,23)/t7-/m0/s1. The number of alkyl halides is 3. The van der Waals surface area contributed by atoms with Gasteiger partial charge in [-0.15, -0.1) is 5.10 Å². The van der Waals surface area contributed by atoms with Crippen LogP contribution in [0.3, 0.4) is 0 Å². The fourth-order valence-corrected chi connectivity index (χ4v) is 2.50. The van der Waals surface area contributed by atoms with Crippen LogP contribution in [-0.4, -0.2) is 24.9 Å². The Labute approximate surface area is 133 Å². The normalized spacial score (nSPS) is 13.4. The van der Waals surface area contributed by atoms with Gasteiger partial charge in [0.2, 0.25) is 5.88 Å². The van der Waals surface area contributed by atoms with E-state index in [9.17, 15) is 23.1 Å². The summed E-state index contributed by atoms with van der Waals surface area (Å²) >= 11 is 0. The fraction of sp³-hybridized carbons (Fsp3) is 0.267. The Morgan fingerprint density at radius 3 is 2.46 bits per heavy atom. The molecular formula is C15H13F3N4O2. The zero-order valence-electron chi connectivity index (χ0n) is 12.7. The Morgan fingerprint density at radius 1 is 1.25 bits per heavy atom. The van der Waals surface area contributed by atoms with E-state index in [4.69, 9.17) is 0 Å². The topological polar surface area (TPSA) is 83.8 Å². The Kier molecular flexibility index (Phi) is 3.58. The highest BCUT2D eigenvalue weighted by Crippen LogP contribution is 2.31. The molecular weight excluding hydrogens is 325 g/mol. The number of aryl methyl sites for hydroxylation is 1. The van der Waals surface area contributed by atoms with E-state index in [0.29, 0.717) is 11.4 Å². The van der Waals surface area contributed by atoms with Crippen LogP contribution in [0, 0.1) is 6.92 Å². The number of fused-ring (bicyclic) bond motifs is 1. The van der Waals surface area contributed by atoms with Crippen molar-refractivity contribution in [2.24, 2.45) is 0 Å². The summed E-state index contributed by atoms with van der Waals surface area (Å²) in [6, 6.07) is 4.09. The summed E-state index contributed by atoms with van der Waals surface area (Å²) in [6.07, 6.45) is -4.41. The minimum absolute atomic E-state index is 0.0561. The summed E-state index contributed by atoms with van der Waals surface area (Å²) in [4.78, 5) is 18.5. The number of halogens is 3. The fourth-order valence-electron chi connectivity index (χ4n) is 2.50. The van der Waals surface area contributed by atoms with E-state index in [1.165, 1.54) is 16.8 Å². The van der Waals surface area contributed by atoms with Gasteiger partial charge in [0, 0.05) is 0 Å². The van der Waals surface area contributed by atoms with Crippen LogP contribution in [0.15, 0.2) is 29.1 Å². The van der Waals surface area contributed by atoms with Gasteiger partial charge in [0.25, 0.3) is 5.56 Å². The summed E-state index contributed by atoms with van der Waals surface area (Å²) in [5, 5.41) is 13.7. The molecule has 2 N–H and O–H groups in total. The molecule has 0 radical (unpaired) electrons. The van der Waals surface area contributed by atoms with Crippen LogP contribution >= 0.6 is 0 Å². The number of aromatic nitrogens is 4. The highest BCUT2D eigenvalue weighted by atomic mass is 19.4. The number of nitrogens with zero attached hydrogens (tertiary/aromatic N) is 3. The summed E-state index contributed by atoms with van der Waals surface area (Å²) in [5.41, 5.74) is -0.578. The predicted octanol–water partition coefficient (Wildman–Crippen LogP) is 2.76. The van der Waals surface area contributed by atoms with Gasteiger partial charge in [-0.3, -0.25) is 4.79 Å². The predicted molar refractivity (Wildman–Crippen MR) is 79.8 cm³/mol. The van der Waals surface area contributed by atoms with Gasteiger partial charge in [0.1, 0.15) is 11.2 Å². The second-order valence-corrected chi connectivity index (χ2v) is 5.41. The smallest absolute Gasteiger partial charge is 0.416 e. The molecule has 2 heterocycles. The molecule has 0 saturated carbocycles. The first-order valence-corrected chi connectivity index (χ1v) is 7.03. The van der Waals surface area contributed by atoms with Crippen molar-refractivity contribution in [1.29, 1.82) is 0 Å². The molecule has 24 heavy (non-hydrogen) atoms. The molecule has 0 spiro atoms. The molecule has 0 saturated heterocycles. The maximum atomic E-state index is 12.6. The summed E-state index contributed by atoms with van der Waals surface area (Å²) in [5.74, 6) is -0.134. The molecule has 3 aromatic rings. The Hall–Kier alpha value is -2.84. The van der Waals surface area contributed by atoms with Gasteiger partial charge in [-0.1, -0.05) is 12.1 Å². The minimum atomic E-state index is -4.41. The molecule has 2 aromatic heterocycles. The number of rotatable bonds is 2. The van der Waals surface area contributed by atoms with Crippen LogP contribution < -0.4 is 5.56 Å². The van der Waals surface area contributed by atoms with Crippen molar-refractivity contribution < 1.29 is 18.3 Å². The summed E-state index contributed by atoms with van der Waals surface area (Å²) in [6.45, 7) is 3.27. The molecule has 1 atom stereocenters. The number of benzene rings is 1. The SMILES string of the molecule is Cc1nc2c(c(O)nn2[C@@H](C)c2ccc(C(F)(F)F)cc2)c(=O)[nH]1.